The predicted octanol–water partition coefficient (Wildman–Crippen LogP) is 1.20. The summed E-state index contributed by atoms with van der Waals surface area (Å²) in [6, 6.07) is 0. The number of carbonyl (C=O) groups is 3. The number of ether oxygens (including phenoxy) is 1. The number of rotatable bonds is 6. The maximum absolute atomic E-state index is 12.8. The number of piperidine rings is 1. The van der Waals surface area contributed by atoms with Crippen molar-refractivity contribution in [1.82, 2.24) is 9.62 Å². The van der Waals surface area contributed by atoms with E-state index in [4.69, 9.17) is 4.74 Å². The first-order valence-electron chi connectivity index (χ1n) is 8.88. The summed E-state index contributed by atoms with van der Waals surface area (Å²) in [6.07, 6.45) is 2.23. The van der Waals surface area contributed by atoms with E-state index in [1.165, 1.54) is 11.4 Å². The molecule has 0 saturated carbocycles. The Labute approximate surface area is 168 Å². The molecule has 28 heavy (non-hydrogen) atoms. The van der Waals surface area contributed by atoms with Crippen molar-refractivity contribution in [2.24, 2.45) is 5.92 Å². The maximum atomic E-state index is 12.8. The molecule has 2 heterocycles. The van der Waals surface area contributed by atoms with E-state index in [1.54, 1.807) is 13.8 Å². The molecule has 0 bridgehead atoms. The van der Waals surface area contributed by atoms with Gasteiger partial charge in [-0.15, -0.1) is 11.3 Å². The van der Waals surface area contributed by atoms with E-state index >= 15 is 0 Å². The summed E-state index contributed by atoms with van der Waals surface area (Å²) in [5.74, 6) is -1.91. The lowest BCUT2D eigenvalue weighted by Gasteiger charge is -2.30. The van der Waals surface area contributed by atoms with Gasteiger partial charge in [0.25, 0.3) is 5.91 Å². The van der Waals surface area contributed by atoms with E-state index in [1.807, 2.05) is 0 Å². The number of carbonyl (C=O) groups excluding carboxylic acids is 3. The summed E-state index contributed by atoms with van der Waals surface area (Å²) >= 11 is 0.995. The quantitative estimate of drug-likeness (QED) is 0.653. The summed E-state index contributed by atoms with van der Waals surface area (Å²) in [5, 5.41) is 5.45. The highest BCUT2D eigenvalue weighted by Crippen LogP contribution is 2.34. The molecule has 1 saturated heterocycles. The molecule has 2 amide bonds. The predicted molar refractivity (Wildman–Crippen MR) is 106 cm³/mol. The van der Waals surface area contributed by atoms with Crippen molar-refractivity contribution in [3.63, 3.8) is 0 Å². The number of nitrogens with zero attached hydrogens (tertiary/aromatic N) is 1. The first-order chi connectivity index (χ1) is 13.1. The second-order valence-corrected chi connectivity index (χ2v) is 9.51. The third-order valence-corrected chi connectivity index (χ3v) is 7.00. The number of hydrogen-bond donors (Lipinski definition) is 2. The van der Waals surface area contributed by atoms with E-state index < -0.39 is 21.9 Å². The van der Waals surface area contributed by atoms with Gasteiger partial charge < -0.3 is 15.4 Å². The van der Waals surface area contributed by atoms with Crippen LogP contribution in [0.1, 0.15) is 45.4 Å². The number of esters is 1. The van der Waals surface area contributed by atoms with Crippen LogP contribution in [0.5, 0.6) is 0 Å². The van der Waals surface area contributed by atoms with Crippen LogP contribution in [0.2, 0.25) is 0 Å². The Morgan fingerprint density at radius 1 is 1.32 bits per heavy atom. The topological polar surface area (TPSA) is 122 Å². The lowest BCUT2D eigenvalue weighted by atomic mass is 9.99. The molecule has 1 aromatic heterocycles. The van der Waals surface area contributed by atoms with Crippen molar-refractivity contribution in [3.05, 3.63) is 16.0 Å². The highest BCUT2D eigenvalue weighted by molar-refractivity contribution is 7.88. The zero-order valence-corrected chi connectivity index (χ0v) is 18.0. The van der Waals surface area contributed by atoms with Crippen LogP contribution >= 0.6 is 11.3 Å². The molecule has 2 rings (SSSR count). The zero-order valence-electron chi connectivity index (χ0n) is 16.3. The third kappa shape index (κ3) is 4.89. The molecule has 0 aromatic carbocycles. The molecule has 2 N–H and O–H groups in total. The third-order valence-electron chi connectivity index (χ3n) is 4.52. The molecule has 156 valence electrons. The minimum Gasteiger partial charge on any atom is -0.462 e. The van der Waals surface area contributed by atoms with Crippen LogP contribution in [0.15, 0.2) is 0 Å². The smallest absolute Gasteiger partial charge is 0.341 e. The molecule has 1 atom stereocenters. The largest absolute Gasteiger partial charge is 0.462 e. The van der Waals surface area contributed by atoms with Crippen molar-refractivity contribution in [2.45, 2.75) is 26.7 Å². The van der Waals surface area contributed by atoms with Crippen LogP contribution in [0.3, 0.4) is 0 Å². The average Bonchev–Trinajstić information content (AvgIpc) is 2.96. The van der Waals surface area contributed by atoms with Crippen molar-refractivity contribution in [3.8, 4) is 0 Å². The molecule has 1 unspecified atom stereocenters. The molecule has 0 spiro atoms. The van der Waals surface area contributed by atoms with Crippen molar-refractivity contribution >= 4 is 44.1 Å². The first-order valence-corrected chi connectivity index (χ1v) is 11.5. The van der Waals surface area contributed by atoms with Crippen LogP contribution in [-0.4, -0.2) is 63.5 Å². The maximum Gasteiger partial charge on any atom is 0.341 e. The average molecular weight is 432 g/mol. The monoisotopic (exact) mass is 431 g/mol. The highest BCUT2D eigenvalue weighted by atomic mass is 32.2. The summed E-state index contributed by atoms with van der Waals surface area (Å²) in [6.45, 7) is 3.92. The minimum absolute atomic E-state index is 0.0894. The number of amides is 2. The SMILES string of the molecule is CCOC(=O)c1c(NC(=O)C2CCCN(S(C)(=O)=O)C2)sc(C(=O)NC)c1C. The van der Waals surface area contributed by atoms with Crippen LogP contribution in [0.4, 0.5) is 5.00 Å². The normalized spacial score (nSPS) is 17.8. The van der Waals surface area contributed by atoms with Gasteiger partial charge in [-0.05, 0) is 32.3 Å². The van der Waals surface area contributed by atoms with Crippen LogP contribution in [0.25, 0.3) is 0 Å². The molecule has 1 aliphatic rings. The molecule has 0 radical (unpaired) electrons. The lowest BCUT2D eigenvalue weighted by molar-refractivity contribution is -0.120. The second kappa shape index (κ2) is 9.01. The van der Waals surface area contributed by atoms with Crippen LogP contribution in [0, 0.1) is 12.8 Å². The Morgan fingerprint density at radius 2 is 2.00 bits per heavy atom. The van der Waals surface area contributed by atoms with Gasteiger partial charge in [-0.1, -0.05) is 0 Å². The Hall–Kier alpha value is -1.98. The highest BCUT2D eigenvalue weighted by Gasteiger charge is 2.32. The van der Waals surface area contributed by atoms with Gasteiger partial charge >= 0.3 is 5.97 Å². The van der Waals surface area contributed by atoms with E-state index in [9.17, 15) is 22.8 Å². The minimum atomic E-state index is -3.38. The molecule has 1 fully saturated rings. The number of anilines is 1. The molecule has 0 aliphatic carbocycles. The Balaban J connectivity index is 2.30. The molecule has 1 aromatic rings. The van der Waals surface area contributed by atoms with Crippen molar-refractivity contribution in [2.75, 3.05) is 38.3 Å². The summed E-state index contributed by atoms with van der Waals surface area (Å²) in [5.41, 5.74) is 0.578. The van der Waals surface area contributed by atoms with Crippen LogP contribution < -0.4 is 10.6 Å². The molecule has 9 nitrogen and oxygen atoms in total. The molecule has 1 aliphatic heterocycles. The van der Waals surface area contributed by atoms with Crippen molar-refractivity contribution < 1.29 is 27.5 Å². The van der Waals surface area contributed by atoms with E-state index in [0.29, 0.717) is 29.8 Å². The number of nitrogens with one attached hydrogen (secondary N) is 2. The fourth-order valence-corrected chi connectivity index (χ4v) is 5.11. The number of hydrogen-bond acceptors (Lipinski definition) is 7. The van der Waals surface area contributed by atoms with Gasteiger partial charge in [0.2, 0.25) is 15.9 Å². The fourth-order valence-electron chi connectivity index (χ4n) is 3.05. The summed E-state index contributed by atoms with van der Waals surface area (Å²) in [7, 11) is -1.90. The van der Waals surface area contributed by atoms with Gasteiger partial charge in [-0.3, -0.25) is 9.59 Å². The van der Waals surface area contributed by atoms with E-state index in [2.05, 4.69) is 10.6 Å². The van der Waals surface area contributed by atoms with Gasteiger partial charge in [0.1, 0.15) is 5.00 Å². The fraction of sp³-hybridized carbons (Fsp3) is 0.588. The van der Waals surface area contributed by atoms with Crippen molar-refractivity contribution in [1.29, 1.82) is 0 Å². The Bertz CT molecular complexity index is 878. The van der Waals surface area contributed by atoms with E-state index in [-0.39, 0.29) is 35.5 Å². The molecular weight excluding hydrogens is 406 g/mol. The zero-order chi connectivity index (χ0) is 21.1. The standard InChI is InChI=1S/C17H25N3O6S2/c1-5-26-17(23)12-10(2)13(15(22)18-3)27-16(12)19-14(21)11-7-6-8-20(9-11)28(4,24)25/h11H,5-9H2,1-4H3,(H,18,22)(H,19,21). The van der Waals surface area contributed by atoms with Gasteiger partial charge in [0.15, 0.2) is 0 Å². The Morgan fingerprint density at radius 3 is 2.57 bits per heavy atom. The van der Waals surface area contributed by atoms with Gasteiger partial charge in [0, 0.05) is 20.1 Å². The van der Waals surface area contributed by atoms with Crippen LogP contribution in [-0.2, 0) is 19.6 Å². The van der Waals surface area contributed by atoms with Gasteiger partial charge in [-0.25, -0.2) is 17.5 Å². The molecular formula is C17H25N3O6S2. The second-order valence-electron chi connectivity index (χ2n) is 6.51. The Kier molecular flexibility index (Phi) is 7.18. The number of thiophene rings is 1. The first kappa shape index (κ1) is 22.3. The summed E-state index contributed by atoms with van der Waals surface area (Å²) in [4.78, 5) is 37.5. The van der Waals surface area contributed by atoms with Gasteiger partial charge in [-0.2, -0.15) is 0 Å². The van der Waals surface area contributed by atoms with Gasteiger partial charge in [0.05, 0.1) is 29.2 Å². The summed E-state index contributed by atoms with van der Waals surface area (Å²) < 4.78 is 29.9. The van der Waals surface area contributed by atoms with E-state index in [0.717, 1.165) is 17.6 Å². The lowest BCUT2D eigenvalue weighted by Crippen LogP contribution is -2.43. The molecule has 11 heteroatoms. The number of sulfonamides is 1.